The summed E-state index contributed by atoms with van der Waals surface area (Å²) in [6.07, 6.45) is 2.26. The first-order chi connectivity index (χ1) is 8.90. The molecule has 0 heterocycles. The highest BCUT2D eigenvalue weighted by molar-refractivity contribution is 7.89. The van der Waals surface area contributed by atoms with Gasteiger partial charge in [0.15, 0.2) is 0 Å². The summed E-state index contributed by atoms with van der Waals surface area (Å²) in [6, 6.07) is 1.83. The summed E-state index contributed by atoms with van der Waals surface area (Å²) in [6.45, 7) is 2.07. The lowest BCUT2D eigenvalue weighted by molar-refractivity contribution is 0.506. The van der Waals surface area contributed by atoms with Gasteiger partial charge >= 0.3 is 0 Å². The molecule has 0 aliphatic heterocycles. The van der Waals surface area contributed by atoms with Gasteiger partial charge in [-0.05, 0) is 24.6 Å². The molecule has 7 heteroatoms. The fraction of sp³-hybridized carbons (Fsp3) is 0.500. The van der Waals surface area contributed by atoms with E-state index in [4.69, 9.17) is 5.73 Å². The van der Waals surface area contributed by atoms with Gasteiger partial charge in [-0.2, -0.15) is 0 Å². The van der Waals surface area contributed by atoms with Gasteiger partial charge in [0.05, 0.1) is 0 Å². The van der Waals surface area contributed by atoms with E-state index in [-0.39, 0.29) is 6.54 Å². The number of benzene rings is 1. The number of sulfonamides is 1. The molecule has 19 heavy (non-hydrogen) atoms. The number of hydrogen-bond donors (Lipinski definition) is 2. The highest BCUT2D eigenvalue weighted by Gasteiger charge is 2.23. The van der Waals surface area contributed by atoms with E-state index in [1.54, 1.807) is 0 Å². The van der Waals surface area contributed by atoms with E-state index in [0.29, 0.717) is 12.5 Å². The van der Waals surface area contributed by atoms with Crippen molar-refractivity contribution in [2.24, 2.45) is 5.73 Å². The quantitative estimate of drug-likeness (QED) is 0.804. The molecule has 0 aromatic heterocycles. The molecule has 0 fully saturated rings. The van der Waals surface area contributed by atoms with Gasteiger partial charge in [0.2, 0.25) is 10.0 Å². The normalized spacial score (nSPS) is 13.5. The minimum absolute atomic E-state index is 0.107. The number of rotatable bonds is 7. The van der Waals surface area contributed by atoms with Crippen molar-refractivity contribution >= 4 is 10.0 Å². The maximum Gasteiger partial charge on any atom is 0.243 e. The Kier molecular flexibility index (Phi) is 5.84. The number of nitrogens with one attached hydrogen (secondary N) is 1. The topological polar surface area (TPSA) is 72.2 Å². The second kappa shape index (κ2) is 6.93. The van der Waals surface area contributed by atoms with Crippen LogP contribution in [0.3, 0.4) is 0 Å². The first kappa shape index (κ1) is 16.0. The molecule has 0 aliphatic carbocycles. The molecule has 4 nitrogen and oxygen atoms in total. The summed E-state index contributed by atoms with van der Waals surface area (Å²) < 4.78 is 52.7. The molecule has 0 spiro atoms. The SMILES string of the molecule is CCCCC(CN)NS(=O)(=O)c1cc(F)ccc1F. The van der Waals surface area contributed by atoms with Crippen molar-refractivity contribution in [3.63, 3.8) is 0 Å². The lowest BCUT2D eigenvalue weighted by Gasteiger charge is -2.16. The Morgan fingerprint density at radius 1 is 1.37 bits per heavy atom. The van der Waals surface area contributed by atoms with E-state index in [1.165, 1.54) is 0 Å². The smallest absolute Gasteiger partial charge is 0.243 e. The van der Waals surface area contributed by atoms with Gasteiger partial charge < -0.3 is 5.73 Å². The summed E-state index contributed by atoms with van der Waals surface area (Å²) in [4.78, 5) is -0.692. The average Bonchev–Trinajstić information content (AvgIpc) is 2.37. The average molecular weight is 292 g/mol. The van der Waals surface area contributed by atoms with Crippen LogP contribution in [0, 0.1) is 11.6 Å². The zero-order chi connectivity index (χ0) is 14.5. The molecule has 3 N–H and O–H groups in total. The number of hydrogen-bond acceptors (Lipinski definition) is 3. The maximum absolute atomic E-state index is 13.5. The number of halogens is 2. The van der Waals surface area contributed by atoms with Gasteiger partial charge in [-0.3, -0.25) is 0 Å². The Morgan fingerprint density at radius 3 is 2.63 bits per heavy atom. The summed E-state index contributed by atoms with van der Waals surface area (Å²) in [5, 5.41) is 0. The molecule has 1 rings (SSSR count). The Balaban J connectivity index is 2.93. The molecular weight excluding hydrogens is 274 g/mol. The lowest BCUT2D eigenvalue weighted by atomic mass is 10.1. The van der Waals surface area contributed by atoms with Crippen LogP contribution in [-0.2, 0) is 10.0 Å². The van der Waals surface area contributed by atoms with Crippen molar-refractivity contribution in [1.82, 2.24) is 4.72 Å². The fourth-order valence-corrected chi connectivity index (χ4v) is 3.01. The molecule has 0 radical (unpaired) electrons. The van der Waals surface area contributed by atoms with Crippen molar-refractivity contribution in [2.45, 2.75) is 37.1 Å². The van der Waals surface area contributed by atoms with E-state index in [2.05, 4.69) is 4.72 Å². The second-order valence-electron chi connectivity index (χ2n) is 4.27. The van der Waals surface area contributed by atoms with Crippen LogP contribution < -0.4 is 10.5 Å². The Morgan fingerprint density at radius 2 is 2.05 bits per heavy atom. The maximum atomic E-state index is 13.5. The molecule has 0 amide bonds. The van der Waals surface area contributed by atoms with Crippen LogP contribution in [0.2, 0.25) is 0 Å². The predicted octanol–water partition coefficient (Wildman–Crippen LogP) is 1.76. The van der Waals surface area contributed by atoms with Crippen LogP contribution in [0.25, 0.3) is 0 Å². The monoisotopic (exact) mass is 292 g/mol. The Bertz CT molecular complexity index is 520. The van der Waals surface area contributed by atoms with Crippen molar-refractivity contribution in [2.75, 3.05) is 6.54 Å². The summed E-state index contributed by atoms with van der Waals surface area (Å²) in [5.41, 5.74) is 5.47. The minimum Gasteiger partial charge on any atom is -0.329 e. The van der Waals surface area contributed by atoms with Crippen LogP contribution in [0.5, 0.6) is 0 Å². The molecule has 0 aliphatic rings. The summed E-state index contributed by atoms with van der Waals surface area (Å²) in [7, 11) is -4.10. The molecule has 1 aromatic rings. The molecule has 108 valence electrons. The van der Waals surface area contributed by atoms with E-state index >= 15 is 0 Å². The van der Waals surface area contributed by atoms with E-state index < -0.39 is 32.6 Å². The predicted molar refractivity (Wildman–Crippen MR) is 69.0 cm³/mol. The third kappa shape index (κ3) is 4.52. The van der Waals surface area contributed by atoms with E-state index in [1.807, 2.05) is 6.92 Å². The van der Waals surface area contributed by atoms with Crippen LogP contribution in [0.4, 0.5) is 8.78 Å². The molecular formula is C12H18F2N2O2S. The van der Waals surface area contributed by atoms with Gasteiger partial charge in [-0.15, -0.1) is 0 Å². The molecule has 0 saturated heterocycles. The van der Waals surface area contributed by atoms with Crippen LogP contribution in [-0.4, -0.2) is 21.0 Å². The highest BCUT2D eigenvalue weighted by atomic mass is 32.2. The minimum atomic E-state index is -4.10. The third-order valence-corrected chi connectivity index (χ3v) is 4.23. The van der Waals surface area contributed by atoms with Crippen LogP contribution >= 0.6 is 0 Å². The Hall–Kier alpha value is -1.05. The Labute approximate surface area is 112 Å². The van der Waals surface area contributed by atoms with Gasteiger partial charge in [0, 0.05) is 12.6 Å². The molecule has 1 aromatic carbocycles. The van der Waals surface area contributed by atoms with Gasteiger partial charge in [0.1, 0.15) is 16.5 Å². The van der Waals surface area contributed by atoms with Gasteiger partial charge in [-0.25, -0.2) is 21.9 Å². The van der Waals surface area contributed by atoms with E-state index in [9.17, 15) is 17.2 Å². The largest absolute Gasteiger partial charge is 0.329 e. The summed E-state index contributed by atoms with van der Waals surface area (Å²) in [5.74, 6) is -1.79. The number of unbranched alkanes of at least 4 members (excludes halogenated alkanes) is 1. The lowest BCUT2D eigenvalue weighted by Crippen LogP contribution is -2.40. The van der Waals surface area contributed by atoms with Crippen LogP contribution in [0.15, 0.2) is 23.1 Å². The van der Waals surface area contributed by atoms with Crippen molar-refractivity contribution < 1.29 is 17.2 Å². The van der Waals surface area contributed by atoms with Crippen molar-refractivity contribution in [3.8, 4) is 0 Å². The molecule has 0 bridgehead atoms. The second-order valence-corrected chi connectivity index (χ2v) is 5.95. The van der Waals surface area contributed by atoms with Crippen molar-refractivity contribution in [3.05, 3.63) is 29.8 Å². The molecule has 0 saturated carbocycles. The molecule has 1 unspecified atom stereocenters. The zero-order valence-corrected chi connectivity index (χ0v) is 11.5. The van der Waals surface area contributed by atoms with E-state index in [0.717, 1.165) is 25.0 Å². The van der Waals surface area contributed by atoms with Gasteiger partial charge in [-0.1, -0.05) is 19.8 Å². The zero-order valence-electron chi connectivity index (χ0n) is 10.7. The molecule has 1 atom stereocenters. The third-order valence-electron chi connectivity index (χ3n) is 2.70. The van der Waals surface area contributed by atoms with Crippen molar-refractivity contribution in [1.29, 1.82) is 0 Å². The summed E-state index contributed by atoms with van der Waals surface area (Å²) >= 11 is 0. The first-order valence-electron chi connectivity index (χ1n) is 6.08. The fourth-order valence-electron chi connectivity index (χ4n) is 1.64. The first-order valence-corrected chi connectivity index (χ1v) is 7.56. The standard InChI is InChI=1S/C12H18F2N2O2S/c1-2-3-4-10(8-15)16-19(17,18)12-7-9(13)5-6-11(12)14/h5-7,10,16H,2-4,8,15H2,1H3. The van der Waals surface area contributed by atoms with Crippen LogP contribution in [0.1, 0.15) is 26.2 Å². The number of nitrogens with two attached hydrogens (primary N) is 1. The van der Waals surface area contributed by atoms with Gasteiger partial charge in [0.25, 0.3) is 0 Å². The highest BCUT2D eigenvalue weighted by Crippen LogP contribution is 2.16.